The summed E-state index contributed by atoms with van der Waals surface area (Å²) in [7, 11) is -3.72. The van der Waals surface area contributed by atoms with Crippen LogP contribution in [0.3, 0.4) is 0 Å². The van der Waals surface area contributed by atoms with E-state index in [1.54, 1.807) is 0 Å². The molecule has 0 amide bonds. The number of benzene rings is 3. The van der Waals surface area contributed by atoms with Crippen molar-refractivity contribution < 1.29 is 31.1 Å². The Balaban J connectivity index is 1.43. The lowest BCUT2D eigenvalue weighted by Crippen LogP contribution is -2.10. The van der Waals surface area contributed by atoms with Gasteiger partial charge in [0.25, 0.3) is 0 Å². The normalized spacial score (nSPS) is 11.6. The van der Waals surface area contributed by atoms with Gasteiger partial charge in [0.1, 0.15) is 17.4 Å². The first kappa shape index (κ1) is 26.1. The number of sulfonamides is 1. The minimum atomic E-state index is -3.72. The molecule has 2 heterocycles. The second-order valence-electron chi connectivity index (χ2n) is 8.43. The predicted octanol–water partition coefficient (Wildman–Crippen LogP) is 5.40. The molecule has 0 aliphatic heterocycles. The summed E-state index contributed by atoms with van der Waals surface area (Å²) < 4.78 is 73.4. The van der Waals surface area contributed by atoms with Gasteiger partial charge in [-0.15, -0.1) is 0 Å². The molecule has 3 aromatic carbocycles. The molecule has 0 radical (unpaired) electrons. The molecule has 0 aliphatic carbocycles. The van der Waals surface area contributed by atoms with Crippen LogP contribution >= 0.6 is 11.6 Å². The number of nitrogen functional groups attached to an aromatic ring is 1. The van der Waals surface area contributed by atoms with E-state index in [1.807, 2.05) is 0 Å². The zero-order valence-electron chi connectivity index (χ0n) is 19.8. The quantitative estimate of drug-likeness (QED) is 0.223. The topological polar surface area (TPSA) is 132 Å². The highest BCUT2D eigenvalue weighted by atomic mass is 35.5. The van der Waals surface area contributed by atoms with Crippen molar-refractivity contribution in [1.82, 2.24) is 14.8 Å². The third-order valence-electron chi connectivity index (χ3n) is 5.59. The van der Waals surface area contributed by atoms with Crippen molar-refractivity contribution in [2.45, 2.75) is 0 Å². The van der Waals surface area contributed by atoms with Crippen LogP contribution in [0.2, 0.25) is 5.02 Å². The van der Waals surface area contributed by atoms with Gasteiger partial charge >= 0.3 is 0 Å². The van der Waals surface area contributed by atoms with Crippen molar-refractivity contribution in [3.05, 3.63) is 94.5 Å². The Morgan fingerprint density at radius 1 is 1.10 bits per heavy atom. The molecule has 200 valence electrons. The number of rotatable bonds is 7. The molecule has 2 aromatic heterocycles. The van der Waals surface area contributed by atoms with Crippen LogP contribution in [0.15, 0.2) is 60.8 Å². The van der Waals surface area contributed by atoms with E-state index in [4.69, 9.17) is 22.1 Å². The summed E-state index contributed by atoms with van der Waals surface area (Å²) in [6.07, 6.45) is 2.11. The Hall–Kier alpha value is -4.49. The van der Waals surface area contributed by atoms with Crippen molar-refractivity contribution in [3.8, 4) is 17.2 Å². The Morgan fingerprint density at radius 3 is 2.59 bits per heavy atom. The predicted molar refractivity (Wildman–Crippen MR) is 140 cm³/mol. The fraction of sp³-hybridized carbons (Fsp3) is 0.0400. The summed E-state index contributed by atoms with van der Waals surface area (Å²) in [5.41, 5.74) is 6.57. The van der Waals surface area contributed by atoms with Crippen molar-refractivity contribution in [2.75, 3.05) is 16.7 Å². The fourth-order valence-corrected chi connectivity index (χ4v) is 4.64. The van der Waals surface area contributed by atoms with E-state index in [2.05, 4.69) is 14.8 Å². The summed E-state index contributed by atoms with van der Waals surface area (Å²) in [4.78, 5) is 16.0. The van der Waals surface area contributed by atoms with Crippen LogP contribution in [0.4, 0.5) is 24.7 Å². The van der Waals surface area contributed by atoms with Gasteiger partial charge < -0.3 is 15.5 Å². The smallest absolute Gasteiger partial charge is 0.229 e. The zero-order valence-corrected chi connectivity index (χ0v) is 21.4. The first-order chi connectivity index (χ1) is 18.4. The van der Waals surface area contributed by atoms with E-state index in [9.17, 15) is 26.4 Å². The number of aromatic amines is 1. The first-order valence-electron chi connectivity index (χ1n) is 11.0. The van der Waals surface area contributed by atoms with Crippen LogP contribution in [0, 0.1) is 17.5 Å². The minimum Gasteiger partial charge on any atom is -0.454 e. The lowest BCUT2D eigenvalue weighted by Gasteiger charge is -2.11. The number of carbonyl (C=O) groups excluding carboxylic acids is 1. The van der Waals surface area contributed by atoms with Crippen LogP contribution in [-0.2, 0) is 10.0 Å². The summed E-state index contributed by atoms with van der Waals surface area (Å²) >= 11 is 6.37. The van der Waals surface area contributed by atoms with Gasteiger partial charge in [-0.2, -0.15) is 9.49 Å². The van der Waals surface area contributed by atoms with Crippen LogP contribution in [-0.4, -0.2) is 35.2 Å². The van der Waals surface area contributed by atoms with E-state index in [-0.39, 0.29) is 45.0 Å². The third-order valence-corrected chi connectivity index (χ3v) is 6.48. The van der Waals surface area contributed by atoms with Crippen LogP contribution in [0.25, 0.3) is 16.6 Å². The maximum atomic E-state index is 14.3. The Bertz CT molecular complexity index is 1890. The number of H-pyrrole nitrogens is 1. The molecular formula is C25H17ClF3N5O4S. The first-order valence-corrected chi connectivity index (χ1v) is 13.3. The number of fused-ring (bicyclic) bond motifs is 1. The maximum absolute atomic E-state index is 14.3. The highest BCUT2D eigenvalue weighted by Gasteiger charge is 2.22. The average molecular weight is 576 g/mol. The number of carbonyl (C=O) groups is 1. The fourth-order valence-electron chi connectivity index (χ4n) is 3.84. The number of hydrogen-bond donors (Lipinski definition) is 3. The SMILES string of the molecule is CS(=O)(=O)Nc1cc2[nH]c(C(=O)c3cnn(-c4ccc(Oc5cccc(F)c5F)cc4Cl)c3N)cc2cc1F. The molecule has 0 aliphatic rings. The molecule has 39 heavy (non-hydrogen) atoms. The van der Waals surface area contributed by atoms with Crippen LogP contribution in [0.1, 0.15) is 16.1 Å². The molecule has 9 nitrogen and oxygen atoms in total. The molecule has 0 atom stereocenters. The summed E-state index contributed by atoms with van der Waals surface area (Å²) in [5, 5.41) is 4.56. The molecule has 5 rings (SSSR count). The van der Waals surface area contributed by atoms with Crippen molar-refractivity contribution in [2.24, 2.45) is 0 Å². The van der Waals surface area contributed by atoms with Gasteiger partial charge in [-0.05, 0) is 42.5 Å². The summed E-state index contributed by atoms with van der Waals surface area (Å²) in [6, 6.07) is 11.5. The molecule has 0 saturated carbocycles. The number of aromatic nitrogens is 3. The molecule has 14 heteroatoms. The van der Waals surface area contributed by atoms with E-state index in [0.717, 1.165) is 18.4 Å². The number of hydrogen-bond acceptors (Lipinski definition) is 6. The van der Waals surface area contributed by atoms with Gasteiger partial charge in [-0.25, -0.2) is 21.9 Å². The van der Waals surface area contributed by atoms with E-state index in [0.29, 0.717) is 10.9 Å². The lowest BCUT2D eigenvalue weighted by molar-refractivity contribution is 0.103. The molecule has 4 N–H and O–H groups in total. The second kappa shape index (κ2) is 9.67. The number of nitrogens with zero attached hydrogens (tertiary/aromatic N) is 2. The molecule has 0 bridgehead atoms. The largest absolute Gasteiger partial charge is 0.454 e. The number of ether oxygens (including phenoxy) is 1. The number of halogens is 4. The van der Waals surface area contributed by atoms with E-state index >= 15 is 0 Å². The Morgan fingerprint density at radius 2 is 1.87 bits per heavy atom. The summed E-state index contributed by atoms with van der Waals surface area (Å²) in [5.74, 6) is -3.88. The van der Waals surface area contributed by atoms with Gasteiger partial charge in [-0.3, -0.25) is 9.52 Å². The Labute approximate surface area is 224 Å². The summed E-state index contributed by atoms with van der Waals surface area (Å²) in [6.45, 7) is 0. The molecule has 0 unspecified atom stereocenters. The molecule has 0 spiro atoms. The van der Waals surface area contributed by atoms with Gasteiger partial charge in [0.2, 0.25) is 21.6 Å². The lowest BCUT2D eigenvalue weighted by atomic mass is 10.1. The zero-order chi connectivity index (χ0) is 28.1. The number of nitrogens with two attached hydrogens (primary N) is 1. The molecule has 0 fully saturated rings. The monoisotopic (exact) mass is 575 g/mol. The highest BCUT2D eigenvalue weighted by molar-refractivity contribution is 7.92. The maximum Gasteiger partial charge on any atom is 0.229 e. The average Bonchev–Trinajstić information content (AvgIpc) is 3.44. The van der Waals surface area contributed by atoms with Crippen LogP contribution in [0.5, 0.6) is 11.5 Å². The van der Waals surface area contributed by atoms with Gasteiger partial charge in [0, 0.05) is 17.0 Å². The van der Waals surface area contributed by atoms with Crippen LogP contribution < -0.4 is 15.2 Å². The highest BCUT2D eigenvalue weighted by Crippen LogP contribution is 2.32. The van der Waals surface area contributed by atoms with E-state index in [1.165, 1.54) is 53.3 Å². The van der Waals surface area contributed by atoms with Gasteiger partial charge in [0.15, 0.2) is 11.6 Å². The minimum absolute atomic E-state index is 0.00902. The molecule has 0 saturated heterocycles. The van der Waals surface area contributed by atoms with E-state index < -0.39 is 33.3 Å². The third kappa shape index (κ3) is 5.13. The van der Waals surface area contributed by atoms with Gasteiger partial charge in [-0.1, -0.05) is 17.7 Å². The number of ketones is 1. The van der Waals surface area contributed by atoms with Gasteiger partial charge in [0.05, 0.1) is 40.1 Å². The Kier molecular flexibility index (Phi) is 6.48. The number of nitrogens with one attached hydrogen (secondary N) is 2. The molecular weight excluding hydrogens is 559 g/mol. The van der Waals surface area contributed by atoms with Crippen molar-refractivity contribution in [1.29, 1.82) is 0 Å². The number of anilines is 2. The van der Waals surface area contributed by atoms with Crippen molar-refractivity contribution in [3.63, 3.8) is 0 Å². The standard InChI is InChI=1S/C25H17ClF3N5O4S/c1-39(36,37)33-19-10-18-12(7-17(19)28)8-20(32-18)24(35)14-11-31-34(25(14)30)21-6-5-13(9-15(21)26)38-22-4-2-3-16(27)23(22)29/h2-11,32-33H,30H2,1H3. The molecule has 5 aromatic rings. The van der Waals surface area contributed by atoms with Crippen molar-refractivity contribution >= 4 is 49.8 Å². The second-order valence-corrected chi connectivity index (χ2v) is 10.6.